The third-order valence-corrected chi connectivity index (χ3v) is 2.71. The second-order valence-electron chi connectivity index (χ2n) is 2.27. The van der Waals surface area contributed by atoms with E-state index in [0.29, 0.717) is 16.3 Å². The zero-order chi connectivity index (χ0) is 9.26. The van der Waals surface area contributed by atoms with E-state index in [-0.39, 0.29) is 5.88 Å². The molecule has 8 heteroatoms. The van der Waals surface area contributed by atoms with Gasteiger partial charge in [0, 0.05) is 0 Å². The van der Waals surface area contributed by atoms with Crippen LogP contribution in [0.25, 0.3) is 0 Å². The molecule has 0 atom stereocenters. The normalized spacial score (nSPS) is 10.5. The van der Waals surface area contributed by atoms with Gasteiger partial charge in [-0.3, -0.25) is 4.57 Å². The minimum absolute atomic E-state index is 0.125. The van der Waals surface area contributed by atoms with Gasteiger partial charge in [-0.2, -0.15) is 5.21 Å². The molecular formula is C5H5N5OS2. The van der Waals surface area contributed by atoms with Crippen LogP contribution in [0.5, 0.6) is 5.88 Å². The Labute approximate surface area is 81.8 Å². The maximum absolute atomic E-state index is 9.35. The molecule has 6 nitrogen and oxygen atoms in total. The van der Waals surface area contributed by atoms with Crippen molar-refractivity contribution in [2.45, 2.75) is 6.54 Å². The summed E-state index contributed by atoms with van der Waals surface area (Å²) in [5.74, 6) is 0.615. The summed E-state index contributed by atoms with van der Waals surface area (Å²) in [6, 6.07) is 0. The number of nitrogens with one attached hydrogen (secondary N) is 1. The lowest BCUT2D eigenvalue weighted by Crippen LogP contribution is -2.00. The van der Waals surface area contributed by atoms with Crippen LogP contribution in [0.2, 0.25) is 0 Å². The number of hydrogen-bond donors (Lipinski definition) is 2. The highest BCUT2D eigenvalue weighted by molar-refractivity contribution is 7.73. The Hall–Kier alpha value is -1.28. The van der Waals surface area contributed by atoms with E-state index in [2.05, 4.69) is 20.6 Å². The second kappa shape index (κ2) is 3.23. The fourth-order valence-corrected chi connectivity index (χ4v) is 1.78. The maximum atomic E-state index is 9.35. The Balaban J connectivity index is 2.33. The van der Waals surface area contributed by atoms with Crippen molar-refractivity contribution in [3.05, 3.63) is 15.2 Å². The Morgan fingerprint density at radius 2 is 2.54 bits per heavy atom. The first kappa shape index (κ1) is 8.32. The van der Waals surface area contributed by atoms with Gasteiger partial charge >= 0.3 is 0 Å². The lowest BCUT2D eigenvalue weighted by molar-refractivity contribution is 0.421. The number of thiazole rings is 1. The molecule has 0 bridgehead atoms. The summed E-state index contributed by atoms with van der Waals surface area (Å²) in [6.45, 7) is 0.338. The van der Waals surface area contributed by atoms with Gasteiger partial charge < -0.3 is 5.11 Å². The van der Waals surface area contributed by atoms with Gasteiger partial charge in [-0.05, 0) is 12.2 Å². The van der Waals surface area contributed by atoms with E-state index in [4.69, 9.17) is 12.2 Å². The molecule has 0 aliphatic rings. The number of rotatable bonds is 2. The van der Waals surface area contributed by atoms with Gasteiger partial charge in [-0.1, -0.05) is 5.21 Å². The minimum Gasteiger partial charge on any atom is -0.494 e. The van der Waals surface area contributed by atoms with Crippen molar-refractivity contribution >= 4 is 23.6 Å². The Bertz CT molecular complexity index is 444. The van der Waals surface area contributed by atoms with Crippen molar-refractivity contribution in [3.63, 3.8) is 0 Å². The average Bonchev–Trinajstić information content (AvgIpc) is 2.70. The van der Waals surface area contributed by atoms with E-state index in [1.54, 1.807) is 5.38 Å². The van der Waals surface area contributed by atoms with Gasteiger partial charge in [0.2, 0.25) is 5.88 Å². The predicted octanol–water partition coefficient (Wildman–Crippen LogP) is 0.546. The molecule has 0 aliphatic heterocycles. The van der Waals surface area contributed by atoms with Crippen LogP contribution in [0.4, 0.5) is 0 Å². The lowest BCUT2D eigenvalue weighted by Gasteiger charge is -1.98. The highest BCUT2D eigenvalue weighted by Crippen LogP contribution is 2.17. The zero-order valence-corrected chi connectivity index (χ0v) is 7.97. The molecule has 0 amide bonds. The van der Waals surface area contributed by atoms with Gasteiger partial charge in [-0.15, -0.1) is 21.5 Å². The highest BCUT2D eigenvalue weighted by atomic mass is 32.1. The summed E-state index contributed by atoms with van der Waals surface area (Å²) < 4.78 is 2.12. The first-order chi connectivity index (χ1) is 6.27. The summed E-state index contributed by atoms with van der Waals surface area (Å²) in [5.41, 5.74) is 0. The monoisotopic (exact) mass is 215 g/mol. The molecule has 2 aromatic rings. The van der Waals surface area contributed by atoms with Crippen molar-refractivity contribution in [1.29, 1.82) is 0 Å². The lowest BCUT2D eigenvalue weighted by atomic mass is 10.6. The molecule has 13 heavy (non-hydrogen) atoms. The fraction of sp³-hybridized carbons (Fsp3) is 0.200. The van der Waals surface area contributed by atoms with Crippen molar-refractivity contribution in [1.82, 2.24) is 25.2 Å². The summed E-state index contributed by atoms with van der Waals surface area (Å²) in [5, 5.41) is 24.2. The number of aromatic nitrogens is 5. The molecule has 0 fully saturated rings. The molecule has 0 saturated heterocycles. The summed E-state index contributed by atoms with van der Waals surface area (Å²) >= 11 is 6.28. The Morgan fingerprint density at radius 1 is 1.69 bits per heavy atom. The third-order valence-electron chi connectivity index (χ3n) is 1.45. The first-order valence-electron chi connectivity index (χ1n) is 3.37. The average molecular weight is 215 g/mol. The second-order valence-corrected chi connectivity index (χ2v) is 3.78. The minimum atomic E-state index is 0.125. The van der Waals surface area contributed by atoms with Crippen LogP contribution >= 0.6 is 23.6 Å². The molecule has 0 radical (unpaired) electrons. The number of tetrazole rings is 1. The van der Waals surface area contributed by atoms with Crippen molar-refractivity contribution < 1.29 is 5.11 Å². The first-order valence-corrected chi connectivity index (χ1v) is 4.66. The quantitative estimate of drug-likeness (QED) is 0.715. The highest BCUT2D eigenvalue weighted by Gasteiger charge is 2.05. The van der Waals surface area contributed by atoms with Gasteiger partial charge in [0.05, 0.1) is 11.9 Å². The van der Waals surface area contributed by atoms with Crippen LogP contribution in [0.1, 0.15) is 5.82 Å². The predicted molar refractivity (Wildman–Crippen MR) is 48.1 cm³/mol. The standard InChI is InChI=1S/C5H5N5OS2/c11-4-2-13-5(12)10(4)1-3-6-8-9-7-3/h2,11H,1H2,(H,6,7,8,9). The number of aromatic amines is 1. The number of nitrogens with zero attached hydrogens (tertiary/aromatic N) is 4. The van der Waals surface area contributed by atoms with Crippen LogP contribution in [-0.2, 0) is 6.54 Å². The van der Waals surface area contributed by atoms with E-state index in [1.807, 2.05) is 0 Å². The van der Waals surface area contributed by atoms with Crippen molar-refractivity contribution in [2.24, 2.45) is 0 Å². The fourth-order valence-electron chi connectivity index (χ4n) is 0.860. The van der Waals surface area contributed by atoms with Crippen LogP contribution in [-0.4, -0.2) is 30.3 Å². The van der Waals surface area contributed by atoms with Crippen LogP contribution in [0.15, 0.2) is 5.38 Å². The van der Waals surface area contributed by atoms with Gasteiger partial charge in [0.1, 0.15) is 0 Å². The van der Waals surface area contributed by atoms with Crippen LogP contribution in [0, 0.1) is 3.95 Å². The largest absolute Gasteiger partial charge is 0.494 e. The van der Waals surface area contributed by atoms with E-state index < -0.39 is 0 Å². The Morgan fingerprint density at radius 3 is 3.08 bits per heavy atom. The van der Waals surface area contributed by atoms with Crippen molar-refractivity contribution in [3.8, 4) is 5.88 Å². The number of hydrogen-bond acceptors (Lipinski definition) is 6. The van der Waals surface area contributed by atoms with Crippen LogP contribution < -0.4 is 0 Å². The summed E-state index contributed by atoms with van der Waals surface area (Å²) in [6.07, 6.45) is 0. The number of aromatic hydroxyl groups is 1. The van der Waals surface area contributed by atoms with Gasteiger partial charge in [-0.25, -0.2) is 0 Å². The third kappa shape index (κ3) is 1.58. The zero-order valence-electron chi connectivity index (χ0n) is 6.34. The summed E-state index contributed by atoms with van der Waals surface area (Å²) in [4.78, 5) is 0. The van der Waals surface area contributed by atoms with Crippen molar-refractivity contribution in [2.75, 3.05) is 0 Å². The molecule has 2 N–H and O–H groups in total. The maximum Gasteiger partial charge on any atom is 0.203 e. The SMILES string of the molecule is Oc1csc(=S)n1Cc1nn[nH]n1. The molecule has 0 aliphatic carbocycles. The molecule has 68 valence electrons. The molecule has 0 unspecified atom stereocenters. The molecule has 2 heterocycles. The molecule has 2 rings (SSSR count). The molecule has 0 spiro atoms. The molecular weight excluding hydrogens is 210 g/mol. The number of H-pyrrole nitrogens is 1. The van der Waals surface area contributed by atoms with E-state index in [0.717, 1.165) is 0 Å². The van der Waals surface area contributed by atoms with E-state index in [9.17, 15) is 5.11 Å². The Kier molecular flexibility index (Phi) is 2.07. The van der Waals surface area contributed by atoms with E-state index in [1.165, 1.54) is 15.9 Å². The summed E-state index contributed by atoms with van der Waals surface area (Å²) in [7, 11) is 0. The van der Waals surface area contributed by atoms with E-state index >= 15 is 0 Å². The smallest absolute Gasteiger partial charge is 0.203 e. The van der Waals surface area contributed by atoms with Gasteiger partial charge in [0.15, 0.2) is 9.78 Å². The molecule has 2 aromatic heterocycles. The molecule has 0 saturated carbocycles. The van der Waals surface area contributed by atoms with Crippen LogP contribution in [0.3, 0.4) is 0 Å². The van der Waals surface area contributed by atoms with Gasteiger partial charge in [0.25, 0.3) is 0 Å². The molecule has 0 aromatic carbocycles. The topological polar surface area (TPSA) is 79.6 Å².